The van der Waals surface area contributed by atoms with E-state index in [9.17, 15) is 9.59 Å². The van der Waals surface area contributed by atoms with Crippen molar-refractivity contribution in [2.24, 2.45) is 0 Å². The zero-order chi connectivity index (χ0) is 23.2. The molecule has 0 amide bonds. The maximum atomic E-state index is 12.9. The smallest absolute Gasteiger partial charge is 0.343 e. The van der Waals surface area contributed by atoms with Gasteiger partial charge in [-0.15, -0.1) is 0 Å². The molecule has 7 nitrogen and oxygen atoms in total. The third-order valence-corrected chi connectivity index (χ3v) is 5.77. The zero-order valence-corrected chi connectivity index (χ0v) is 18.1. The number of carbonyl (C=O) groups is 2. The van der Waals surface area contributed by atoms with E-state index >= 15 is 0 Å². The summed E-state index contributed by atoms with van der Waals surface area (Å²) in [5, 5.41) is 0. The van der Waals surface area contributed by atoms with Gasteiger partial charge in [-0.1, -0.05) is 18.2 Å². The SMILES string of the molecule is C[C@H]1Oc2ccccc2C=C1C=C1Oc2cc(OC(=O)c3ccc4c(c3)OCO4)ccc2C1=O. The Bertz CT molecular complexity index is 1420. The van der Waals surface area contributed by atoms with Crippen LogP contribution < -0.4 is 23.7 Å². The molecule has 3 aliphatic heterocycles. The molecule has 0 aromatic heterocycles. The second kappa shape index (κ2) is 7.81. The molecular weight excluding hydrogens is 436 g/mol. The Morgan fingerprint density at radius 1 is 0.971 bits per heavy atom. The van der Waals surface area contributed by atoms with E-state index in [-0.39, 0.29) is 30.2 Å². The molecule has 0 aliphatic carbocycles. The number of benzene rings is 3. The van der Waals surface area contributed by atoms with Crippen LogP contribution in [0.15, 0.2) is 78.1 Å². The van der Waals surface area contributed by atoms with Crippen molar-refractivity contribution in [1.82, 2.24) is 0 Å². The van der Waals surface area contributed by atoms with E-state index in [1.165, 1.54) is 6.07 Å². The minimum atomic E-state index is -0.560. The predicted octanol–water partition coefficient (Wildman–Crippen LogP) is 4.96. The lowest BCUT2D eigenvalue weighted by atomic mass is 10.0. The third kappa shape index (κ3) is 3.47. The van der Waals surface area contributed by atoms with Crippen molar-refractivity contribution in [2.75, 3.05) is 6.79 Å². The molecule has 0 unspecified atom stereocenters. The van der Waals surface area contributed by atoms with Gasteiger partial charge in [-0.2, -0.15) is 0 Å². The molecule has 1 atom stereocenters. The summed E-state index contributed by atoms with van der Waals surface area (Å²) in [5.41, 5.74) is 2.48. The first kappa shape index (κ1) is 20.1. The quantitative estimate of drug-likeness (QED) is 0.314. The summed E-state index contributed by atoms with van der Waals surface area (Å²) < 4.78 is 27.8. The minimum Gasteiger partial charge on any atom is -0.485 e. The molecule has 3 heterocycles. The predicted molar refractivity (Wildman–Crippen MR) is 122 cm³/mol. The van der Waals surface area contributed by atoms with Crippen molar-refractivity contribution >= 4 is 17.8 Å². The van der Waals surface area contributed by atoms with Crippen molar-refractivity contribution in [2.45, 2.75) is 13.0 Å². The second-order valence-electron chi connectivity index (χ2n) is 8.00. The van der Waals surface area contributed by atoms with Crippen LogP contribution in [0.2, 0.25) is 0 Å². The highest BCUT2D eigenvalue weighted by molar-refractivity contribution is 6.12. The van der Waals surface area contributed by atoms with Gasteiger partial charge in [-0.25, -0.2) is 4.79 Å². The van der Waals surface area contributed by atoms with E-state index in [1.54, 1.807) is 36.4 Å². The molecule has 0 fully saturated rings. The summed E-state index contributed by atoms with van der Waals surface area (Å²) >= 11 is 0. The Kier molecular flexibility index (Phi) is 4.62. The fourth-order valence-corrected chi connectivity index (χ4v) is 3.99. The van der Waals surface area contributed by atoms with E-state index in [2.05, 4.69) is 0 Å². The van der Waals surface area contributed by atoms with Gasteiger partial charge < -0.3 is 23.7 Å². The molecule has 6 rings (SSSR count). The van der Waals surface area contributed by atoms with Gasteiger partial charge in [0, 0.05) is 11.6 Å². The van der Waals surface area contributed by atoms with Gasteiger partial charge in [0.2, 0.25) is 12.6 Å². The topological polar surface area (TPSA) is 80.3 Å². The van der Waals surface area contributed by atoms with E-state index in [0.717, 1.165) is 16.9 Å². The molecule has 0 spiro atoms. The molecule has 7 heteroatoms. The monoisotopic (exact) mass is 454 g/mol. The first-order valence-electron chi connectivity index (χ1n) is 10.7. The van der Waals surface area contributed by atoms with Crippen molar-refractivity contribution in [3.05, 3.63) is 94.8 Å². The van der Waals surface area contributed by atoms with E-state index < -0.39 is 5.97 Å². The molecule has 0 N–H and O–H groups in total. The minimum absolute atomic E-state index is 0.119. The number of allylic oxidation sites excluding steroid dienone is 1. The van der Waals surface area contributed by atoms with Crippen molar-refractivity contribution in [1.29, 1.82) is 0 Å². The molecule has 3 aromatic carbocycles. The van der Waals surface area contributed by atoms with Crippen LogP contribution in [0.5, 0.6) is 28.7 Å². The van der Waals surface area contributed by atoms with Gasteiger partial charge in [0.05, 0.1) is 11.1 Å². The fraction of sp³-hybridized carbons (Fsp3) is 0.111. The summed E-state index contributed by atoms with van der Waals surface area (Å²) in [4.78, 5) is 25.5. The first-order valence-corrected chi connectivity index (χ1v) is 10.7. The lowest BCUT2D eigenvalue weighted by molar-refractivity contribution is 0.0734. The largest absolute Gasteiger partial charge is 0.485 e. The molecule has 3 aromatic rings. The lowest BCUT2D eigenvalue weighted by Gasteiger charge is -2.22. The highest BCUT2D eigenvalue weighted by Crippen LogP contribution is 2.37. The molecule has 0 saturated carbocycles. The summed E-state index contributed by atoms with van der Waals surface area (Å²) in [6.45, 7) is 2.04. The van der Waals surface area contributed by atoms with Crippen LogP contribution in [0.3, 0.4) is 0 Å². The fourth-order valence-electron chi connectivity index (χ4n) is 3.99. The Morgan fingerprint density at radius 3 is 2.74 bits per heavy atom. The van der Waals surface area contributed by atoms with Crippen molar-refractivity contribution < 1.29 is 33.3 Å². The van der Waals surface area contributed by atoms with Gasteiger partial charge >= 0.3 is 5.97 Å². The summed E-state index contributed by atoms with van der Waals surface area (Å²) in [6, 6.07) is 17.2. The highest BCUT2D eigenvalue weighted by Gasteiger charge is 2.30. The maximum Gasteiger partial charge on any atom is 0.343 e. The van der Waals surface area contributed by atoms with Crippen molar-refractivity contribution in [3.63, 3.8) is 0 Å². The first-order chi connectivity index (χ1) is 16.5. The second-order valence-corrected chi connectivity index (χ2v) is 8.00. The molecule has 0 radical (unpaired) electrons. The highest BCUT2D eigenvalue weighted by atomic mass is 16.7. The molecule has 34 heavy (non-hydrogen) atoms. The van der Waals surface area contributed by atoms with Crippen LogP contribution in [0.1, 0.15) is 33.2 Å². The van der Waals surface area contributed by atoms with Crippen LogP contribution in [-0.2, 0) is 0 Å². The van der Waals surface area contributed by atoms with Crippen LogP contribution in [-0.4, -0.2) is 24.6 Å². The van der Waals surface area contributed by atoms with E-state index in [1.807, 2.05) is 37.3 Å². The molecule has 0 bridgehead atoms. The van der Waals surface area contributed by atoms with Crippen molar-refractivity contribution in [3.8, 4) is 28.7 Å². The molecule has 0 saturated heterocycles. The maximum absolute atomic E-state index is 12.9. The van der Waals surface area contributed by atoms with Crippen LogP contribution in [0, 0.1) is 0 Å². The van der Waals surface area contributed by atoms with E-state index in [4.69, 9.17) is 23.7 Å². The van der Waals surface area contributed by atoms with Gasteiger partial charge in [0.25, 0.3) is 0 Å². The molecular formula is C27H18O7. The van der Waals surface area contributed by atoms with Gasteiger partial charge in [0.1, 0.15) is 23.4 Å². The number of ketones is 1. The van der Waals surface area contributed by atoms with E-state index in [0.29, 0.717) is 28.4 Å². The number of Topliss-reactive ketones (excluding diaryl/α,β-unsaturated/α-hetero) is 1. The average Bonchev–Trinajstić information content (AvgIpc) is 3.43. The average molecular weight is 454 g/mol. The number of hydrogen-bond acceptors (Lipinski definition) is 7. The normalized spacial score (nSPS) is 18.5. The number of ether oxygens (including phenoxy) is 5. The number of para-hydroxylation sites is 1. The number of rotatable bonds is 3. The number of carbonyl (C=O) groups excluding carboxylic acids is 2. The number of esters is 1. The van der Waals surface area contributed by atoms with Crippen LogP contribution in [0.4, 0.5) is 0 Å². The lowest BCUT2D eigenvalue weighted by Crippen LogP contribution is -2.18. The Hall–Kier alpha value is -4.52. The van der Waals surface area contributed by atoms with Gasteiger partial charge in [-0.05, 0) is 61.0 Å². The molecule has 168 valence electrons. The summed E-state index contributed by atoms with van der Waals surface area (Å²) in [5.74, 6) is 1.85. The number of hydrogen-bond donors (Lipinski definition) is 0. The Labute approximate surface area is 194 Å². The standard InChI is InChI=1S/C27H18O7/c1-15-18(10-16-4-2-3-5-21(16)32-15)12-25-26(28)20-8-7-19(13-23(20)34-25)33-27(29)17-6-9-22-24(11-17)31-14-30-22/h2-13,15H,14H2,1H3/t15-/m1/s1. The Morgan fingerprint density at radius 2 is 1.82 bits per heavy atom. The van der Waals surface area contributed by atoms with Crippen LogP contribution in [0.25, 0.3) is 6.08 Å². The van der Waals surface area contributed by atoms with Crippen LogP contribution >= 0.6 is 0 Å². The Balaban J connectivity index is 1.22. The molecule has 3 aliphatic rings. The van der Waals surface area contributed by atoms with Gasteiger partial charge in [-0.3, -0.25) is 4.79 Å². The summed E-state index contributed by atoms with van der Waals surface area (Å²) in [6.07, 6.45) is 3.44. The zero-order valence-electron chi connectivity index (χ0n) is 18.1. The third-order valence-electron chi connectivity index (χ3n) is 5.77. The van der Waals surface area contributed by atoms with Gasteiger partial charge in [0.15, 0.2) is 17.3 Å². The summed E-state index contributed by atoms with van der Waals surface area (Å²) in [7, 11) is 0. The number of fused-ring (bicyclic) bond motifs is 3.